The van der Waals surface area contributed by atoms with Gasteiger partial charge in [0.2, 0.25) is 0 Å². The van der Waals surface area contributed by atoms with E-state index >= 15 is 0 Å². The Morgan fingerprint density at radius 1 is 0.0980 bits per heavy atom. The average Bonchev–Trinajstić information content (AvgIpc) is 3.14. The quantitative estimate of drug-likeness (QED) is 0.0550. The van der Waals surface area contributed by atoms with Gasteiger partial charge in [0.05, 0.1) is 0 Å². The normalized spacial score (nSPS) is 11.3. The van der Waals surface area contributed by atoms with Gasteiger partial charge in [-0.1, -0.05) is 329 Å². The van der Waals surface area contributed by atoms with Crippen LogP contribution in [-0.2, 0) is 0 Å². The minimum absolute atomic E-state index is 1.37. The van der Waals surface area contributed by atoms with E-state index in [9.17, 15) is 0 Å². The molecule has 0 nitrogen and oxygen atoms in total. The molecule has 0 atom stereocenters. The third kappa shape index (κ3) is 56.9. The molecule has 0 radical (unpaired) electrons. The van der Waals surface area contributed by atoms with E-state index in [1.807, 2.05) is 0 Å². The van der Waals surface area contributed by atoms with Gasteiger partial charge in [-0.05, 0) is 0 Å². The summed E-state index contributed by atoms with van der Waals surface area (Å²) in [6, 6.07) is 0. The molecule has 0 aliphatic heterocycles. The summed E-state index contributed by atoms with van der Waals surface area (Å²) in [4.78, 5) is 0. The highest BCUT2D eigenvalue weighted by Crippen LogP contribution is 2.17. The predicted octanol–water partition coefficient (Wildman–Crippen LogP) is 20.4. The van der Waals surface area contributed by atoms with Crippen LogP contribution in [0.1, 0.15) is 329 Å². The molecule has 0 rings (SSSR count). The molecule has 51 heavy (non-hydrogen) atoms. The highest BCUT2D eigenvalue weighted by Gasteiger charge is 1.97. The Labute approximate surface area is 328 Å². The first kappa shape index (κ1) is 53.1. The van der Waals surface area contributed by atoms with E-state index in [1.54, 1.807) is 0 Å². The Bertz CT molecular complexity index is 476. The van der Waals surface area contributed by atoms with Crippen molar-refractivity contribution in [2.45, 2.75) is 329 Å². The van der Waals surface area contributed by atoms with E-state index in [4.69, 9.17) is 0 Å². The summed E-state index contributed by atoms with van der Waals surface area (Å²) < 4.78 is 0. The lowest BCUT2D eigenvalue weighted by Gasteiger charge is -2.04. The van der Waals surface area contributed by atoms with E-state index < -0.39 is 0 Å². The molecule has 0 heteroatoms. The van der Waals surface area contributed by atoms with Crippen molar-refractivity contribution in [3.05, 3.63) is 0 Å². The molecule has 0 saturated carbocycles. The summed E-state index contributed by atoms with van der Waals surface area (Å²) in [5, 5.41) is 0. The van der Waals surface area contributed by atoms with Crippen molar-refractivity contribution in [3.63, 3.8) is 0 Å². The number of unbranched alkanes of at least 4 members (excludes halogenated alkanes) is 45. The number of rotatable bonds is 45. The first-order valence-electron chi connectivity index (χ1n) is 25.3. The van der Waals surface area contributed by atoms with Crippen LogP contribution in [0.3, 0.4) is 0 Å². The van der Waals surface area contributed by atoms with E-state index in [2.05, 4.69) is 27.7 Å². The Morgan fingerprint density at radius 2 is 0.157 bits per heavy atom. The minimum atomic E-state index is 1.37. The van der Waals surface area contributed by atoms with Gasteiger partial charge >= 0.3 is 0 Å². The second kappa shape index (κ2) is 54.3. The maximum absolute atomic E-state index is 2.30. The molecule has 0 aliphatic rings. The second-order valence-corrected chi connectivity index (χ2v) is 17.2. The van der Waals surface area contributed by atoms with Gasteiger partial charge in [0, 0.05) is 0 Å². The SMILES string of the molecule is CCCCCCCCCCCCCCCCCCCCCCCCC.CCCCCCCCCCCCCCCCCCCCCCCCCC. The predicted molar refractivity (Wildman–Crippen MR) is 240 cm³/mol. The molecule has 0 heterocycles. The topological polar surface area (TPSA) is 0 Å². The van der Waals surface area contributed by atoms with Crippen LogP contribution in [0.2, 0.25) is 0 Å². The van der Waals surface area contributed by atoms with Crippen LogP contribution in [0.25, 0.3) is 0 Å². The Morgan fingerprint density at radius 3 is 0.216 bits per heavy atom. The largest absolute Gasteiger partial charge is 0.0654 e. The summed E-state index contributed by atoms with van der Waals surface area (Å²) in [5.74, 6) is 0. The highest BCUT2D eigenvalue weighted by molar-refractivity contribution is 4.53. The van der Waals surface area contributed by atoms with Crippen molar-refractivity contribution >= 4 is 0 Å². The molecule has 310 valence electrons. The molecule has 0 amide bonds. The van der Waals surface area contributed by atoms with Crippen molar-refractivity contribution in [2.24, 2.45) is 0 Å². The summed E-state index contributed by atoms with van der Waals surface area (Å²) in [7, 11) is 0. The van der Waals surface area contributed by atoms with E-state index in [-0.39, 0.29) is 0 Å². The van der Waals surface area contributed by atoms with Crippen LogP contribution >= 0.6 is 0 Å². The molecule has 0 aromatic heterocycles. The van der Waals surface area contributed by atoms with Gasteiger partial charge in [0.1, 0.15) is 0 Å². The Balaban J connectivity index is 0. The third-order valence-electron chi connectivity index (χ3n) is 11.7. The maximum atomic E-state index is 2.30. The van der Waals surface area contributed by atoms with Crippen molar-refractivity contribution < 1.29 is 0 Å². The molecule has 0 aromatic rings. The van der Waals surface area contributed by atoms with E-state index in [0.717, 1.165) is 0 Å². The van der Waals surface area contributed by atoms with Gasteiger partial charge in [-0.25, -0.2) is 0 Å². The molecule has 0 fully saturated rings. The third-order valence-corrected chi connectivity index (χ3v) is 11.7. The van der Waals surface area contributed by atoms with Crippen molar-refractivity contribution in [1.82, 2.24) is 0 Å². The summed E-state index contributed by atoms with van der Waals surface area (Å²) in [6.07, 6.45) is 69.3. The van der Waals surface area contributed by atoms with E-state index in [0.29, 0.717) is 0 Å². The van der Waals surface area contributed by atoms with Crippen LogP contribution < -0.4 is 0 Å². The fourth-order valence-corrected chi connectivity index (χ4v) is 7.89. The molecular weight excluding hydrogens is 613 g/mol. The first-order chi connectivity index (χ1) is 25.3. The van der Waals surface area contributed by atoms with Gasteiger partial charge < -0.3 is 0 Å². The zero-order valence-electron chi connectivity index (χ0n) is 37.2. The smallest absolute Gasteiger partial charge is 0.0533 e. The van der Waals surface area contributed by atoms with Crippen LogP contribution in [0, 0.1) is 0 Å². The van der Waals surface area contributed by atoms with Crippen molar-refractivity contribution in [3.8, 4) is 0 Å². The van der Waals surface area contributed by atoms with Crippen LogP contribution in [-0.4, -0.2) is 0 Å². The van der Waals surface area contributed by atoms with E-state index in [1.165, 1.54) is 302 Å². The van der Waals surface area contributed by atoms with Crippen molar-refractivity contribution in [2.75, 3.05) is 0 Å². The highest BCUT2D eigenvalue weighted by atomic mass is 14.0. The zero-order chi connectivity index (χ0) is 37.2. The summed E-state index contributed by atoms with van der Waals surface area (Å²) in [5.41, 5.74) is 0. The van der Waals surface area contributed by atoms with Crippen LogP contribution in [0.4, 0.5) is 0 Å². The van der Waals surface area contributed by atoms with Gasteiger partial charge in [-0.15, -0.1) is 0 Å². The fourth-order valence-electron chi connectivity index (χ4n) is 7.89. The average molecular weight is 719 g/mol. The van der Waals surface area contributed by atoms with Gasteiger partial charge in [-0.3, -0.25) is 0 Å². The number of hydrogen-bond acceptors (Lipinski definition) is 0. The summed E-state index contributed by atoms with van der Waals surface area (Å²) >= 11 is 0. The van der Waals surface area contributed by atoms with Crippen LogP contribution in [0.5, 0.6) is 0 Å². The molecule has 0 bridgehead atoms. The van der Waals surface area contributed by atoms with Crippen LogP contribution in [0.15, 0.2) is 0 Å². The Hall–Kier alpha value is 0. The molecule has 0 aliphatic carbocycles. The zero-order valence-corrected chi connectivity index (χ0v) is 37.2. The summed E-state index contributed by atoms with van der Waals surface area (Å²) in [6.45, 7) is 9.21. The van der Waals surface area contributed by atoms with Gasteiger partial charge in [0.15, 0.2) is 0 Å². The second-order valence-electron chi connectivity index (χ2n) is 17.2. The Kier molecular flexibility index (Phi) is 56.6. The molecule has 0 saturated heterocycles. The lowest BCUT2D eigenvalue weighted by molar-refractivity contribution is 0.518. The first-order valence-corrected chi connectivity index (χ1v) is 25.3. The molecule has 0 N–H and O–H groups in total. The van der Waals surface area contributed by atoms with Gasteiger partial charge in [0.25, 0.3) is 0 Å². The molecule has 0 spiro atoms. The number of hydrogen-bond donors (Lipinski definition) is 0. The minimum Gasteiger partial charge on any atom is -0.0654 e. The monoisotopic (exact) mass is 719 g/mol. The standard InChI is InChI=1S/C26H54.C25H52/c1-3-5-7-9-11-13-15-17-19-21-23-25-26-24-22-20-18-16-14-12-10-8-6-4-2;1-3-5-7-9-11-13-15-17-19-21-23-25-24-22-20-18-16-14-12-10-8-6-4-2/h3-26H2,1-2H3;3-25H2,1-2H3. The van der Waals surface area contributed by atoms with Gasteiger partial charge in [-0.2, -0.15) is 0 Å². The fraction of sp³-hybridized carbons (Fsp3) is 1.00. The lowest BCUT2D eigenvalue weighted by atomic mass is 10.0. The lowest BCUT2D eigenvalue weighted by Crippen LogP contribution is -1.84. The molecule has 0 unspecified atom stereocenters. The molecule has 0 aromatic carbocycles. The maximum Gasteiger partial charge on any atom is -0.0533 e. The molecular formula is C51H106. The van der Waals surface area contributed by atoms with Crippen molar-refractivity contribution in [1.29, 1.82) is 0 Å².